The molecular weight excluding hydrogens is 332 g/mol. The van der Waals surface area contributed by atoms with Gasteiger partial charge in [-0.15, -0.1) is 0 Å². The number of likely N-dealkylation sites (tertiary alicyclic amines) is 1. The van der Waals surface area contributed by atoms with Crippen molar-refractivity contribution in [2.75, 3.05) is 12.4 Å². The topological polar surface area (TPSA) is 75.7 Å². The Balaban J connectivity index is 1.55. The maximum absolute atomic E-state index is 12.9. The molecule has 3 amide bonds. The molecule has 136 valence electrons. The molecule has 1 aromatic rings. The number of anilines is 1. The molecule has 5 rings (SSSR count). The molecule has 2 fully saturated rings. The Bertz CT molecular complexity index is 771. The van der Waals surface area contributed by atoms with Crippen molar-refractivity contribution in [3.63, 3.8) is 0 Å². The molecule has 4 aliphatic rings. The van der Waals surface area contributed by atoms with E-state index in [9.17, 15) is 14.4 Å². The molecule has 1 heterocycles. The van der Waals surface area contributed by atoms with Crippen LogP contribution in [0.25, 0.3) is 0 Å². The van der Waals surface area contributed by atoms with Crippen molar-refractivity contribution < 1.29 is 19.1 Å². The summed E-state index contributed by atoms with van der Waals surface area (Å²) in [6.45, 7) is 1.60. The molecule has 5 atom stereocenters. The van der Waals surface area contributed by atoms with Crippen LogP contribution in [0.2, 0.25) is 0 Å². The molecule has 6 nitrogen and oxygen atoms in total. The van der Waals surface area contributed by atoms with Gasteiger partial charge in [-0.1, -0.05) is 24.3 Å². The SMILES string of the molecule is COc1ccccc1NC(=O)C(C)N1C(=O)C2C3C=CC(CC3)C2C1=O. The van der Waals surface area contributed by atoms with Crippen LogP contribution in [0.3, 0.4) is 0 Å². The van der Waals surface area contributed by atoms with Gasteiger partial charge in [0.1, 0.15) is 11.8 Å². The highest BCUT2D eigenvalue weighted by Gasteiger charge is 2.58. The predicted molar refractivity (Wildman–Crippen MR) is 95.3 cm³/mol. The first kappa shape index (κ1) is 16.8. The largest absolute Gasteiger partial charge is 0.495 e. The van der Waals surface area contributed by atoms with Gasteiger partial charge in [0.15, 0.2) is 0 Å². The van der Waals surface area contributed by atoms with Crippen molar-refractivity contribution >= 4 is 23.4 Å². The van der Waals surface area contributed by atoms with Gasteiger partial charge in [-0.3, -0.25) is 19.3 Å². The van der Waals surface area contributed by atoms with Crippen molar-refractivity contribution in [2.45, 2.75) is 25.8 Å². The van der Waals surface area contributed by atoms with Crippen molar-refractivity contribution in [1.29, 1.82) is 0 Å². The Hall–Kier alpha value is -2.63. The number of rotatable bonds is 4. The van der Waals surface area contributed by atoms with E-state index in [2.05, 4.69) is 17.5 Å². The first-order chi connectivity index (χ1) is 12.5. The third kappa shape index (κ3) is 2.43. The Morgan fingerprint density at radius 2 is 1.69 bits per heavy atom. The minimum absolute atomic E-state index is 0.121. The van der Waals surface area contributed by atoms with Crippen molar-refractivity contribution in [1.82, 2.24) is 4.90 Å². The van der Waals surface area contributed by atoms with Crippen LogP contribution in [0.5, 0.6) is 5.75 Å². The van der Waals surface area contributed by atoms with E-state index in [-0.39, 0.29) is 35.5 Å². The van der Waals surface area contributed by atoms with Gasteiger partial charge in [0.2, 0.25) is 17.7 Å². The van der Waals surface area contributed by atoms with E-state index >= 15 is 0 Å². The number of amides is 3. The van der Waals surface area contributed by atoms with Gasteiger partial charge < -0.3 is 10.1 Å². The molecule has 0 radical (unpaired) electrons. The number of carbonyl (C=O) groups is 3. The van der Waals surface area contributed by atoms with Gasteiger partial charge in [0.25, 0.3) is 0 Å². The van der Waals surface area contributed by atoms with E-state index in [0.717, 1.165) is 12.8 Å². The number of carbonyl (C=O) groups excluding carboxylic acids is 3. The zero-order valence-corrected chi connectivity index (χ0v) is 14.8. The molecule has 1 saturated heterocycles. The Labute approximate surface area is 152 Å². The summed E-state index contributed by atoms with van der Waals surface area (Å²) in [4.78, 5) is 39.7. The van der Waals surface area contributed by atoms with Gasteiger partial charge in [-0.25, -0.2) is 0 Å². The number of ether oxygens (including phenoxy) is 1. The predicted octanol–water partition coefficient (Wildman–Crippen LogP) is 2.22. The van der Waals surface area contributed by atoms with Crippen molar-refractivity contribution in [3.8, 4) is 5.75 Å². The van der Waals surface area contributed by atoms with Crippen LogP contribution in [0.4, 0.5) is 5.69 Å². The number of allylic oxidation sites excluding steroid dienone is 2. The van der Waals surface area contributed by atoms with Gasteiger partial charge in [-0.05, 0) is 43.7 Å². The normalized spacial score (nSPS) is 30.3. The second kappa shape index (κ2) is 6.27. The molecule has 1 aliphatic heterocycles. The molecular formula is C20H22N2O4. The van der Waals surface area contributed by atoms with E-state index < -0.39 is 11.9 Å². The lowest BCUT2D eigenvalue weighted by molar-refractivity contribution is -0.146. The third-order valence-electron chi connectivity index (χ3n) is 5.93. The molecule has 6 heteroatoms. The number of hydrogen-bond acceptors (Lipinski definition) is 4. The number of hydrogen-bond donors (Lipinski definition) is 1. The minimum atomic E-state index is -0.857. The first-order valence-corrected chi connectivity index (χ1v) is 9.02. The molecule has 0 spiro atoms. The van der Waals surface area contributed by atoms with Crippen LogP contribution in [-0.2, 0) is 14.4 Å². The van der Waals surface area contributed by atoms with E-state index in [1.54, 1.807) is 31.2 Å². The number of benzene rings is 1. The van der Waals surface area contributed by atoms with Crippen LogP contribution in [0.1, 0.15) is 19.8 Å². The maximum atomic E-state index is 12.9. The summed E-state index contributed by atoms with van der Waals surface area (Å²) in [6.07, 6.45) is 6.03. The molecule has 0 aromatic heterocycles. The molecule has 26 heavy (non-hydrogen) atoms. The molecule has 1 aromatic carbocycles. The monoisotopic (exact) mass is 354 g/mol. The second-order valence-corrected chi connectivity index (χ2v) is 7.25. The highest BCUT2D eigenvalue weighted by molar-refractivity contribution is 6.10. The number of fused-ring (bicyclic) bond motifs is 1. The van der Waals surface area contributed by atoms with Gasteiger partial charge in [0.05, 0.1) is 24.6 Å². The Morgan fingerprint density at radius 3 is 2.23 bits per heavy atom. The van der Waals surface area contributed by atoms with E-state index in [0.29, 0.717) is 11.4 Å². The summed E-state index contributed by atoms with van der Waals surface area (Å²) in [5.74, 6) is -0.631. The Kier molecular flexibility index (Phi) is 4.05. The summed E-state index contributed by atoms with van der Waals surface area (Å²) in [5, 5.41) is 2.77. The van der Waals surface area contributed by atoms with Crippen LogP contribution < -0.4 is 10.1 Å². The summed E-state index contributed by atoms with van der Waals surface area (Å²) >= 11 is 0. The molecule has 2 bridgehead atoms. The lowest BCUT2D eigenvalue weighted by atomic mass is 9.63. The summed E-state index contributed by atoms with van der Waals surface area (Å²) in [6, 6.07) is 6.20. The summed E-state index contributed by atoms with van der Waals surface area (Å²) in [7, 11) is 1.52. The number of para-hydroxylation sites is 2. The third-order valence-corrected chi connectivity index (χ3v) is 5.93. The fourth-order valence-corrected chi connectivity index (χ4v) is 4.58. The fourth-order valence-electron chi connectivity index (χ4n) is 4.58. The van der Waals surface area contributed by atoms with Gasteiger partial charge in [0, 0.05) is 0 Å². The number of nitrogens with zero attached hydrogens (tertiary/aromatic N) is 1. The number of methoxy groups -OCH3 is 1. The standard InChI is InChI=1S/C20H22N2O4/c1-11(18(23)21-14-5-3-4-6-15(14)26-2)22-19(24)16-12-7-8-13(10-9-12)17(16)20(22)25/h3-8,11-13,16-17H,9-10H2,1-2H3,(H,21,23). The molecule has 5 unspecified atom stereocenters. The smallest absolute Gasteiger partial charge is 0.247 e. The second-order valence-electron chi connectivity index (χ2n) is 7.25. The minimum Gasteiger partial charge on any atom is -0.495 e. The lowest BCUT2D eigenvalue weighted by Gasteiger charge is -2.38. The highest BCUT2D eigenvalue weighted by Crippen LogP contribution is 2.50. The van der Waals surface area contributed by atoms with Crippen LogP contribution in [0.15, 0.2) is 36.4 Å². The summed E-state index contributed by atoms with van der Waals surface area (Å²) < 4.78 is 5.24. The van der Waals surface area contributed by atoms with E-state index in [1.165, 1.54) is 12.0 Å². The van der Waals surface area contributed by atoms with Crippen LogP contribution in [0, 0.1) is 23.7 Å². The lowest BCUT2D eigenvalue weighted by Crippen LogP contribution is -2.46. The number of imide groups is 1. The molecule has 1 saturated carbocycles. The fraction of sp³-hybridized carbons (Fsp3) is 0.450. The van der Waals surface area contributed by atoms with E-state index in [1.807, 2.05) is 0 Å². The van der Waals surface area contributed by atoms with Gasteiger partial charge >= 0.3 is 0 Å². The average molecular weight is 354 g/mol. The van der Waals surface area contributed by atoms with Gasteiger partial charge in [-0.2, -0.15) is 0 Å². The molecule has 3 aliphatic carbocycles. The Morgan fingerprint density at radius 1 is 1.12 bits per heavy atom. The number of nitrogens with one attached hydrogen (secondary N) is 1. The maximum Gasteiger partial charge on any atom is 0.247 e. The molecule has 1 N–H and O–H groups in total. The quantitative estimate of drug-likeness (QED) is 0.664. The van der Waals surface area contributed by atoms with Crippen molar-refractivity contribution in [2.24, 2.45) is 23.7 Å². The van der Waals surface area contributed by atoms with Crippen molar-refractivity contribution in [3.05, 3.63) is 36.4 Å². The summed E-state index contributed by atoms with van der Waals surface area (Å²) in [5.41, 5.74) is 0.519. The average Bonchev–Trinajstić information content (AvgIpc) is 2.95. The first-order valence-electron chi connectivity index (χ1n) is 9.02. The zero-order chi connectivity index (χ0) is 18.4. The highest BCUT2D eigenvalue weighted by atomic mass is 16.5. The zero-order valence-electron chi connectivity index (χ0n) is 14.8. The van der Waals surface area contributed by atoms with Crippen LogP contribution >= 0.6 is 0 Å². The van der Waals surface area contributed by atoms with E-state index in [4.69, 9.17) is 4.74 Å². The van der Waals surface area contributed by atoms with Crippen LogP contribution in [-0.4, -0.2) is 35.8 Å².